The molecule has 0 saturated heterocycles. The number of aromatic nitrogens is 1. The fourth-order valence-electron chi connectivity index (χ4n) is 3.32. The zero-order valence-corrected chi connectivity index (χ0v) is 18.1. The van der Waals surface area contributed by atoms with Crippen LogP contribution in [0.15, 0.2) is 24.4 Å². The summed E-state index contributed by atoms with van der Waals surface area (Å²) in [7, 11) is 0. The van der Waals surface area contributed by atoms with Gasteiger partial charge in [-0.3, -0.25) is 3.11 Å². The Kier molecular flexibility index (Phi) is 6.35. The van der Waals surface area contributed by atoms with E-state index in [0.29, 0.717) is 30.5 Å². The molecule has 7 heteroatoms. The molecule has 3 N–H and O–H groups in total. The maximum Gasteiger partial charge on any atom is 0.337 e. The molecule has 0 bridgehead atoms. The van der Waals surface area contributed by atoms with Gasteiger partial charge in [0.15, 0.2) is 0 Å². The molecule has 1 heterocycles. The highest BCUT2D eigenvalue weighted by Gasteiger charge is 2.64. The van der Waals surface area contributed by atoms with Crippen LogP contribution in [0.1, 0.15) is 50.7 Å². The summed E-state index contributed by atoms with van der Waals surface area (Å²) in [5, 5.41) is 9.18. The van der Waals surface area contributed by atoms with Crippen LogP contribution >= 0.6 is 22.9 Å². The molecule has 26 heavy (non-hydrogen) atoms. The number of hydrogen-bond acceptors (Lipinski definition) is 5. The number of carboxylic acids is 1. The zero-order chi connectivity index (χ0) is 19.7. The molecule has 0 amide bonds. The van der Waals surface area contributed by atoms with E-state index >= 15 is 0 Å². The standard InChI is InChI=1S/C19H28IN3O3/c1-6-13-12(17(24)25)7-8-16(22-13)23(20)10-9-15(21)26-11-14-18(2,3)19(14,4)5/h7-10,14-15H,6,11,21H2,1-5H3,(H,24,25)/b10-9+. The third-order valence-corrected chi connectivity index (χ3v) is 6.74. The number of nitrogens with two attached hydrogens (primary N) is 1. The highest BCUT2D eigenvalue weighted by molar-refractivity contribution is 14.1. The highest BCUT2D eigenvalue weighted by atomic mass is 127. The molecular formula is C19H28IN3O3. The number of rotatable bonds is 8. The Labute approximate surface area is 169 Å². The monoisotopic (exact) mass is 473 g/mol. The first kappa shape index (κ1) is 21.1. The second-order valence-electron chi connectivity index (χ2n) is 7.77. The molecule has 1 saturated carbocycles. The molecule has 1 fully saturated rings. The first-order valence-corrected chi connectivity index (χ1v) is 9.72. The van der Waals surface area contributed by atoms with E-state index in [9.17, 15) is 9.90 Å². The van der Waals surface area contributed by atoms with E-state index in [4.69, 9.17) is 10.5 Å². The van der Waals surface area contributed by atoms with E-state index in [1.807, 2.05) is 6.92 Å². The summed E-state index contributed by atoms with van der Waals surface area (Å²) >= 11 is 2.09. The number of carboxylic acid groups (broad SMARTS) is 1. The number of pyridine rings is 1. The molecule has 1 atom stereocenters. The Morgan fingerprint density at radius 2 is 2.04 bits per heavy atom. The number of aromatic carboxylic acids is 1. The summed E-state index contributed by atoms with van der Waals surface area (Å²) in [6, 6.07) is 3.26. The molecule has 1 aliphatic carbocycles. The summed E-state index contributed by atoms with van der Waals surface area (Å²) in [6.45, 7) is 11.5. The number of nitrogens with zero attached hydrogens (tertiary/aromatic N) is 2. The van der Waals surface area contributed by atoms with Crippen LogP contribution in [0.25, 0.3) is 0 Å². The van der Waals surface area contributed by atoms with Crippen LogP contribution in [0, 0.1) is 16.7 Å². The van der Waals surface area contributed by atoms with Crippen LogP contribution in [0.5, 0.6) is 0 Å². The van der Waals surface area contributed by atoms with Gasteiger partial charge in [0, 0.05) is 6.20 Å². The predicted octanol–water partition coefficient (Wildman–Crippen LogP) is 4.00. The molecule has 1 unspecified atom stereocenters. The van der Waals surface area contributed by atoms with E-state index in [1.54, 1.807) is 27.5 Å². The van der Waals surface area contributed by atoms with Crippen molar-refractivity contribution in [1.29, 1.82) is 0 Å². The molecule has 1 aliphatic rings. The Morgan fingerprint density at radius 3 is 2.54 bits per heavy atom. The van der Waals surface area contributed by atoms with Crippen LogP contribution < -0.4 is 8.85 Å². The lowest BCUT2D eigenvalue weighted by Gasteiger charge is -2.14. The van der Waals surface area contributed by atoms with Gasteiger partial charge in [0.25, 0.3) is 0 Å². The Bertz CT molecular complexity index is 689. The van der Waals surface area contributed by atoms with Gasteiger partial charge in [-0.2, -0.15) is 0 Å². The lowest BCUT2D eigenvalue weighted by Crippen LogP contribution is -2.23. The summed E-state index contributed by atoms with van der Waals surface area (Å²) < 4.78 is 7.56. The van der Waals surface area contributed by atoms with E-state index in [-0.39, 0.29) is 16.4 Å². The van der Waals surface area contributed by atoms with Gasteiger partial charge in [0.1, 0.15) is 12.0 Å². The molecule has 0 radical (unpaired) electrons. The zero-order valence-electron chi connectivity index (χ0n) is 16.0. The molecule has 1 aromatic heterocycles. The second kappa shape index (κ2) is 7.82. The van der Waals surface area contributed by atoms with Crippen LogP contribution in [-0.4, -0.2) is 28.9 Å². The largest absolute Gasteiger partial charge is 0.478 e. The SMILES string of the molecule is CCc1nc(N(I)/C=C/C(N)OCC2C(C)(C)C2(C)C)ccc1C(=O)O. The first-order chi connectivity index (χ1) is 12.0. The van der Waals surface area contributed by atoms with Crippen molar-refractivity contribution >= 4 is 34.7 Å². The molecule has 0 spiro atoms. The van der Waals surface area contributed by atoms with Crippen molar-refractivity contribution in [1.82, 2.24) is 4.98 Å². The Hall–Kier alpha value is -1.19. The molecule has 1 aromatic rings. The summed E-state index contributed by atoms with van der Waals surface area (Å²) in [4.78, 5) is 15.6. The van der Waals surface area contributed by atoms with E-state index < -0.39 is 12.2 Å². The minimum absolute atomic E-state index is 0.236. The highest BCUT2D eigenvalue weighted by Crippen LogP contribution is 2.68. The van der Waals surface area contributed by atoms with E-state index in [1.165, 1.54) is 0 Å². The van der Waals surface area contributed by atoms with Gasteiger partial charge in [-0.1, -0.05) is 34.6 Å². The third-order valence-electron chi connectivity index (χ3n) is 5.93. The number of halogens is 1. The van der Waals surface area contributed by atoms with Crippen LogP contribution in [-0.2, 0) is 11.2 Å². The minimum Gasteiger partial charge on any atom is -0.478 e. The van der Waals surface area contributed by atoms with Crippen molar-refractivity contribution in [3.63, 3.8) is 0 Å². The van der Waals surface area contributed by atoms with Gasteiger partial charge < -0.3 is 15.6 Å². The Morgan fingerprint density at radius 1 is 1.42 bits per heavy atom. The minimum atomic E-state index is -0.960. The maximum absolute atomic E-state index is 11.2. The molecule has 6 nitrogen and oxygen atoms in total. The number of anilines is 1. The van der Waals surface area contributed by atoms with E-state index in [0.717, 1.165) is 0 Å². The van der Waals surface area contributed by atoms with Gasteiger partial charge >= 0.3 is 5.97 Å². The summed E-state index contributed by atoms with van der Waals surface area (Å²) in [6.07, 6.45) is 3.62. The van der Waals surface area contributed by atoms with Crippen molar-refractivity contribution in [2.75, 3.05) is 9.72 Å². The van der Waals surface area contributed by atoms with Crippen LogP contribution in [0.3, 0.4) is 0 Å². The van der Waals surface area contributed by atoms with Crippen molar-refractivity contribution in [2.24, 2.45) is 22.5 Å². The van der Waals surface area contributed by atoms with Crippen LogP contribution in [0.2, 0.25) is 0 Å². The lowest BCUT2D eigenvalue weighted by atomic mass is 10.0. The normalized spacial score (nSPS) is 19.5. The summed E-state index contributed by atoms with van der Waals surface area (Å²) in [5.41, 5.74) is 7.38. The smallest absolute Gasteiger partial charge is 0.337 e. The average molecular weight is 473 g/mol. The quantitative estimate of drug-likeness (QED) is 0.337. The second-order valence-corrected chi connectivity index (χ2v) is 8.81. The fraction of sp³-hybridized carbons (Fsp3) is 0.579. The van der Waals surface area contributed by atoms with E-state index in [2.05, 4.69) is 55.5 Å². The molecular weight excluding hydrogens is 445 g/mol. The number of aryl methyl sites for hydroxylation is 1. The summed E-state index contributed by atoms with van der Waals surface area (Å²) in [5.74, 6) is 0.195. The van der Waals surface area contributed by atoms with Crippen molar-refractivity contribution in [3.05, 3.63) is 35.7 Å². The van der Waals surface area contributed by atoms with Gasteiger partial charge in [-0.15, -0.1) is 0 Å². The third kappa shape index (κ3) is 4.20. The molecule has 0 aromatic carbocycles. The lowest BCUT2D eigenvalue weighted by molar-refractivity contribution is 0.0694. The Balaban J connectivity index is 1.94. The first-order valence-electron chi connectivity index (χ1n) is 8.76. The van der Waals surface area contributed by atoms with Gasteiger partial charge in [0.2, 0.25) is 0 Å². The van der Waals surface area contributed by atoms with Crippen molar-refractivity contribution in [3.8, 4) is 0 Å². The maximum atomic E-state index is 11.2. The number of carbonyl (C=O) groups is 1. The van der Waals surface area contributed by atoms with Crippen LogP contribution in [0.4, 0.5) is 5.82 Å². The predicted molar refractivity (Wildman–Crippen MR) is 111 cm³/mol. The van der Waals surface area contributed by atoms with Gasteiger partial charge in [-0.05, 0) is 41.4 Å². The molecule has 144 valence electrons. The molecule has 2 rings (SSSR count). The number of hydrogen-bond donors (Lipinski definition) is 2. The number of ether oxygens (including phenoxy) is 1. The van der Waals surface area contributed by atoms with Crippen molar-refractivity contribution in [2.45, 2.75) is 47.3 Å². The average Bonchev–Trinajstić information content (AvgIpc) is 2.98. The fourth-order valence-corrected chi connectivity index (χ4v) is 3.78. The molecule has 0 aliphatic heterocycles. The topological polar surface area (TPSA) is 88.7 Å². The van der Waals surface area contributed by atoms with Gasteiger partial charge in [0.05, 0.1) is 40.7 Å². The van der Waals surface area contributed by atoms with Crippen molar-refractivity contribution < 1.29 is 14.6 Å². The van der Waals surface area contributed by atoms with Gasteiger partial charge in [-0.25, -0.2) is 9.78 Å².